The zero-order valence-electron chi connectivity index (χ0n) is 13.8. The van der Waals surface area contributed by atoms with E-state index in [2.05, 4.69) is 15.2 Å². The number of anilines is 1. The van der Waals surface area contributed by atoms with Crippen LogP contribution in [0.15, 0.2) is 65.8 Å². The number of hydrogen-bond donors (Lipinski definition) is 1. The number of aromatic amines is 1. The van der Waals surface area contributed by atoms with Gasteiger partial charge in [0.05, 0.1) is 0 Å². The molecule has 25 heavy (non-hydrogen) atoms. The molecule has 1 amide bonds. The highest BCUT2D eigenvalue weighted by atomic mass is 32.2. The second kappa shape index (κ2) is 6.37. The van der Waals surface area contributed by atoms with Gasteiger partial charge in [0, 0.05) is 18.3 Å². The molecular weight excluding hydrogens is 332 g/mol. The van der Waals surface area contributed by atoms with Gasteiger partial charge < -0.3 is 9.88 Å². The molecule has 6 heteroatoms. The Morgan fingerprint density at radius 2 is 1.68 bits per heavy atom. The van der Waals surface area contributed by atoms with Crippen molar-refractivity contribution >= 4 is 23.4 Å². The first-order valence-corrected chi connectivity index (χ1v) is 9.00. The monoisotopic (exact) mass is 350 g/mol. The average molecular weight is 350 g/mol. The molecule has 1 N–H and O–H groups in total. The van der Waals surface area contributed by atoms with Crippen LogP contribution in [-0.2, 0) is 4.79 Å². The maximum Gasteiger partial charge on any atom is 0.243 e. The Kier molecular flexibility index (Phi) is 4.05. The van der Waals surface area contributed by atoms with Crippen LogP contribution in [0.5, 0.6) is 0 Å². The van der Waals surface area contributed by atoms with Gasteiger partial charge in [0.1, 0.15) is 4.75 Å². The Hall–Kier alpha value is -2.60. The van der Waals surface area contributed by atoms with Crippen LogP contribution in [0.1, 0.15) is 12.8 Å². The number of nitrogens with zero attached hydrogens (tertiary/aromatic N) is 3. The first-order chi connectivity index (χ1) is 12.2. The minimum atomic E-state index is -0.432. The van der Waals surface area contributed by atoms with Crippen LogP contribution in [0.2, 0.25) is 0 Å². The average Bonchev–Trinajstić information content (AvgIpc) is 3.30. The number of rotatable bonds is 5. The Bertz CT molecular complexity index is 875. The standard InChI is InChI=1S/C19H18N4OS/c1-23(15-10-6-3-7-11-15)17(24)19(12-13-19)25-18-20-16(21-22-18)14-8-4-2-5-9-14/h2-11H,12-13H2,1H3,(H,20,21,22). The predicted octanol–water partition coefficient (Wildman–Crippen LogP) is 3.76. The lowest BCUT2D eigenvalue weighted by Gasteiger charge is -2.22. The van der Waals surface area contributed by atoms with Crippen molar-refractivity contribution in [3.8, 4) is 11.4 Å². The SMILES string of the molecule is CN(C(=O)C1(Sc2nnc(-c3ccccc3)[nH]2)CC1)c1ccccc1. The Labute approximate surface area is 150 Å². The largest absolute Gasteiger partial charge is 0.316 e. The molecule has 0 unspecified atom stereocenters. The van der Waals surface area contributed by atoms with Crippen molar-refractivity contribution < 1.29 is 4.79 Å². The summed E-state index contributed by atoms with van der Waals surface area (Å²) in [4.78, 5) is 17.9. The van der Waals surface area contributed by atoms with Crippen LogP contribution in [0.3, 0.4) is 0 Å². The number of hydrogen-bond acceptors (Lipinski definition) is 4. The first-order valence-electron chi connectivity index (χ1n) is 8.18. The van der Waals surface area contributed by atoms with Gasteiger partial charge in [0.25, 0.3) is 0 Å². The van der Waals surface area contributed by atoms with Gasteiger partial charge in [0.15, 0.2) is 11.0 Å². The van der Waals surface area contributed by atoms with Crippen molar-refractivity contribution in [2.24, 2.45) is 0 Å². The van der Waals surface area contributed by atoms with Gasteiger partial charge in [-0.15, -0.1) is 10.2 Å². The van der Waals surface area contributed by atoms with Gasteiger partial charge in [-0.1, -0.05) is 60.3 Å². The van der Waals surface area contributed by atoms with Crippen LogP contribution in [-0.4, -0.2) is 32.9 Å². The Morgan fingerprint density at radius 3 is 2.32 bits per heavy atom. The summed E-state index contributed by atoms with van der Waals surface area (Å²) in [6, 6.07) is 19.6. The lowest BCUT2D eigenvalue weighted by atomic mass is 10.2. The third-order valence-corrected chi connectivity index (χ3v) is 5.70. The lowest BCUT2D eigenvalue weighted by molar-refractivity contribution is -0.118. The van der Waals surface area contributed by atoms with Crippen molar-refractivity contribution in [3.05, 3.63) is 60.7 Å². The maximum absolute atomic E-state index is 13.0. The molecule has 4 rings (SSSR count). The van der Waals surface area contributed by atoms with Gasteiger partial charge in [-0.3, -0.25) is 4.79 Å². The number of nitrogens with one attached hydrogen (secondary N) is 1. The molecule has 1 aliphatic carbocycles. The third-order valence-electron chi connectivity index (χ3n) is 4.35. The van der Waals surface area contributed by atoms with E-state index in [-0.39, 0.29) is 5.91 Å². The van der Waals surface area contributed by atoms with E-state index in [1.54, 1.807) is 4.90 Å². The minimum absolute atomic E-state index is 0.112. The summed E-state index contributed by atoms with van der Waals surface area (Å²) in [6.07, 6.45) is 1.71. The summed E-state index contributed by atoms with van der Waals surface area (Å²) in [5.74, 6) is 0.837. The van der Waals surface area contributed by atoms with Crippen molar-refractivity contribution in [1.29, 1.82) is 0 Å². The van der Waals surface area contributed by atoms with E-state index in [4.69, 9.17) is 0 Å². The van der Waals surface area contributed by atoms with Crippen molar-refractivity contribution in [2.45, 2.75) is 22.7 Å². The number of amides is 1. The number of benzene rings is 2. The molecule has 5 nitrogen and oxygen atoms in total. The molecule has 0 atom stereocenters. The molecule has 3 aromatic rings. The summed E-state index contributed by atoms with van der Waals surface area (Å²) >= 11 is 1.48. The number of para-hydroxylation sites is 1. The second-order valence-corrected chi connectivity index (χ2v) is 7.51. The summed E-state index contributed by atoms with van der Waals surface area (Å²) in [5, 5.41) is 9.11. The zero-order valence-corrected chi connectivity index (χ0v) is 14.7. The normalized spacial score (nSPS) is 14.9. The third kappa shape index (κ3) is 3.17. The molecule has 1 aliphatic rings. The summed E-state index contributed by atoms with van der Waals surface area (Å²) in [6.45, 7) is 0. The fraction of sp³-hybridized carbons (Fsp3) is 0.211. The topological polar surface area (TPSA) is 61.9 Å². The highest BCUT2D eigenvalue weighted by molar-refractivity contribution is 8.01. The van der Waals surface area contributed by atoms with Gasteiger partial charge in [-0.2, -0.15) is 0 Å². The molecule has 1 heterocycles. The van der Waals surface area contributed by atoms with Crippen molar-refractivity contribution in [3.63, 3.8) is 0 Å². The fourth-order valence-electron chi connectivity index (χ4n) is 2.75. The molecule has 0 saturated heterocycles. The number of carbonyl (C=O) groups excluding carboxylic acids is 1. The van der Waals surface area contributed by atoms with Gasteiger partial charge >= 0.3 is 0 Å². The van der Waals surface area contributed by atoms with Crippen molar-refractivity contribution in [1.82, 2.24) is 15.2 Å². The van der Waals surface area contributed by atoms with Gasteiger partial charge in [0.2, 0.25) is 5.91 Å². The van der Waals surface area contributed by atoms with Crippen LogP contribution in [0, 0.1) is 0 Å². The molecule has 0 radical (unpaired) electrons. The van der Waals surface area contributed by atoms with E-state index in [0.717, 1.165) is 29.9 Å². The molecule has 0 aliphatic heterocycles. The van der Waals surface area contributed by atoms with Crippen LogP contribution in [0.4, 0.5) is 5.69 Å². The van der Waals surface area contributed by atoms with E-state index in [0.29, 0.717) is 5.16 Å². The predicted molar refractivity (Wildman–Crippen MR) is 99.5 cm³/mol. The Balaban J connectivity index is 1.51. The number of aromatic nitrogens is 3. The van der Waals surface area contributed by atoms with Gasteiger partial charge in [-0.25, -0.2) is 0 Å². The molecule has 0 bridgehead atoms. The van der Waals surface area contributed by atoms with E-state index in [1.165, 1.54) is 11.8 Å². The number of carbonyl (C=O) groups is 1. The van der Waals surface area contributed by atoms with Crippen LogP contribution >= 0.6 is 11.8 Å². The highest BCUT2D eigenvalue weighted by Gasteiger charge is 2.53. The smallest absolute Gasteiger partial charge is 0.243 e. The second-order valence-electron chi connectivity index (χ2n) is 6.14. The molecule has 1 fully saturated rings. The Morgan fingerprint density at radius 1 is 1.04 bits per heavy atom. The number of H-pyrrole nitrogens is 1. The molecule has 126 valence electrons. The van der Waals surface area contributed by atoms with E-state index in [1.807, 2.05) is 67.7 Å². The highest BCUT2D eigenvalue weighted by Crippen LogP contribution is 2.52. The maximum atomic E-state index is 13.0. The zero-order chi connectivity index (χ0) is 17.3. The fourth-order valence-corrected chi connectivity index (χ4v) is 3.88. The first kappa shape index (κ1) is 15.9. The quantitative estimate of drug-likeness (QED) is 0.761. The van der Waals surface area contributed by atoms with Crippen LogP contribution in [0.25, 0.3) is 11.4 Å². The lowest BCUT2D eigenvalue weighted by Crippen LogP contribution is -2.36. The summed E-state index contributed by atoms with van der Waals surface area (Å²) in [5.41, 5.74) is 1.89. The number of thioether (sulfide) groups is 1. The molecule has 0 spiro atoms. The molecule has 1 aromatic heterocycles. The van der Waals surface area contributed by atoms with Crippen molar-refractivity contribution in [2.75, 3.05) is 11.9 Å². The molecule has 2 aromatic carbocycles. The molecule has 1 saturated carbocycles. The summed E-state index contributed by atoms with van der Waals surface area (Å²) in [7, 11) is 1.83. The van der Waals surface area contributed by atoms with Gasteiger partial charge in [-0.05, 0) is 25.0 Å². The van der Waals surface area contributed by atoms with Crippen LogP contribution < -0.4 is 4.90 Å². The van der Waals surface area contributed by atoms with E-state index in [9.17, 15) is 4.79 Å². The van der Waals surface area contributed by atoms with E-state index >= 15 is 0 Å². The molecular formula is C19H18N4OS. The van der Waals surface area contributed by atoms with E-state index < -0.39 is 4.75 Å². The minimum Gasteiger partial charge on any atom is -0.316 e. The summed E-state index contributed by atoms with van der Waals surface area (Å²) < 4.78 is -0.432.